The van der Waals surface area contributed by atoms with Gasteiger partial charge in [-0.05, 0) is 38.0 Å². The molecule has 118 valence electrons. The number of hydrogen-bond donors (Lipinski definition) is 1. The number of sulfonamides is 1. The summed E-state index contributed by atoms with van der Waals surface area (Å²) in [4.78, 5) is -0.0475. The first-order chi connectivity index (χ1) is 9.91. The van der Waals surface area contributed by atoms with Crippen molar-refractivity contribution in [2.24, 2.45) is 0 Å². The highest BCUT2D eigenvalue weighted by Crippen LogP contribution is 2.28. The highest BCUT2D eigenvalue weighted by molar-refractivity contribution is 7.89. The van der Waals surface area contributed by atoms with Crippen LogP contribution >= 0.6 is 0 Å². The van der Waals surface area contributed by atoms with Gasteiger partial charge >= 0.3 is 0 Å². The monoisotopic (exact) mass is 315 g/mol. The smallest absolute Gasteiger partial charge is 0.243 e. The quantitative estimate of drug-likeness (QED) is 0.908. The summed E-state index contributed by atoms with van der Waals surface area (Å²) < 4.78 is 40.2. The molecule has 21 heavy (non-hydrogen) atoms. The second-order valence-corrected chi connectivity index (χ2v) is 7.56. The zero-order chi connectivity index (χ0) is 15.5. The van der Waals surface area contributed by atoms with Crippen molar-refractivity contribution < 1.29 is 17.9 Å². The highest BCUT2D eigenvalue weighted by atomic mass is 32.2. The molecule has 2 rings (SSSR count). The SMILES string of the molecule is CC(O)CN(C1CCCCC1)S(=O)(=O)c1cccc(F)c1. The van der Waals surface area contributed by atoms with Gasteiger partial charge in [0.05, 0.1) is 11.0 Å². The Hall–Kier alpha value is -0.980. The normalized spacial score (nSPS) is 18.9. The van der Waals surface area contributed by atoms with Gasteiger partial charge in [-0.2, -0.15) is 4.31 Å². The molecule has 1 saturated carbocycles. The van der Waals surface area contributed by atoms with Crippen LogP contribution in [0.15, 0.2) is 29.2 Å². The Kier molecular flexibility index (Phi) is 5.35. The average molecular weight is 315 g/mol. The van der Waals surface area contributed by atoms with E-state index in [4.69, 9.17) is 0 Å². The van der Waals surface area contributed by atoms with Crippen LogP contribution in [-0.4, -0.2) is 36.5 Å². The molecule has 1 fully saturated rings. The summed E-state index contributed by atoms with van der Waals surface area (Å²) in [7, 11) is -3.78. The molecular weight excluding hydrogens is 293 g/mol. The fourth-order valence-corrected chi connectivity index (χ4v) is 4.63. The second-order valence-electron chi connectivity index (χ2n) is 5.67. The van der Waals surface area contributed by atoms with Crippen LogP contribution < -0.4 is 0 Å². The Morgan fingerprint density at radius 2 is 2.00 bits per heavy atom. The largest absolute Gasteiger partial charge is 0.392 e. The van der Waals surface area contributed by atoms with E-state index in [0.717, 1.165) is 38.2 Å². The number of benzene rings is 1. The summed E-state index contributed by atoms with van der Waals surface area (Å²) in [6.45, 7) is 1.61. The Bertz CT molecular complexity index is 568. The van der Waals surface area contributed by atoms with Crippen LogP contribution in [0.2, 0.25) is 0 Å². The van der Waals surface area contributed by atoms with Crippen LogP contribution in [0.25, 0.3) is 0 Å². The Morgan fingerprint density at radius 3 is 2.57 bits per heavy atom. The molecule has 1 aromatic carbocycles. The van der Waals surface area contributed by atoms with Crippen molar-refractivity contribution >= 4 is 10.0 Å². The zero-order valence-corrected chi connectivity index (χ0v) is 13.0. The molecule has 0 aliphatic heterocycles. The standard InChI is InChI=1S/C15H22FNO3S/c1-12(18)11-17(14-7-3-2-4-8-14)21(19,20)15-9-5-6-13(16)10-15/h5-6,9-10,12,14,18H,2-4,7-8,11H2,1H3. The molecule has 1 atom stereocenters. The van der Waals surface area contributed by atoms with Crippen molar-refractivity contribution in [3.63, 3.8) is 0 Å². The summed E-state index contributed by atoms with van der Waals surface area (Å²) in [5.41, 5.74) is 0. The lowest BCUT2D eigenvalue weighted by molar-refractivity contribution is 0.136. The van der Waals surface area contributed by atoms with E-state index in [2.05, 4.69) is 0 Å². The van der Waals surface area contributed by atoms with Gasteiger partial charge in [0.25, 0.3) is 0 Å². The molecule has 0 amide bonds. The first-order valence-corrected chi connectivity index (χ1v) is 8.81. The number of aliphatic hydroxyl groups is 1. The number of aliphatic hydroxyl groups excluding tert-OH is 1. The molecule has 0 bridgehead atoms. The molecule has 0 radical (unpaired) electrons. The number of nitrogens with zero attached hydrogens (tertiary/aromatic N) is 1. The minimum absolute atomic E-state index is 0.0452. The molecule has 0 spiro atoms. The van der Waals surface area contributed by atoms with E-state index in [1.807, 2.05) is 0 Å². The van der Waals surface area contributed by atoms with Crippen LogP contribution in [-0.2, 0) is 10.0 Å². The van der Waals surface area contributed by atoms with Crippen LogP contribution in [0.1, 0.15) is 39.0 Å². The predicted octanol–water partition coefficient (Wildman–Crippen LogP) is 2.53. The van der Waals surface area contributed by atoms with Crippen molar-refractivity contribution in [3.05, 3.63) is 30.1 Å². The molecule has 0 aromatic heterocycles. The Labute approximate surface area is 125 Å². The predicted molar refractivity (Wildman–Crippen MR) is 78.8 cm³/mol. The Morgan fingerprint density at radius 1 is 1.33 bits per heavy atom. The summed E-state index contributed by atoms with van der Waals surface area (Å²) in [5, 5.41) is 9.64. The maximum atomic E-state index is 13.3. The van der Waals surface area contributed by atoms with Gasteiger partial charge in [-0.25, -0.2) is 12.8 Å². The molecule has 1 N–H and O–H groups in total. The van der Waals surface area contributed by atoms with Gasteiger partial charge in [0.15, 0.2) is 0 Å². The Balaban J connectivity index is 2.34. The maximum Gasteiger partial charge on any atom is 0.243 e. The van der Waals surface area contributed by atoms with E-state index in [-0.39, 0.29) is 17.5 Å². The number of hydrogen-bond acceptors (Lipinski definition) is 3. The fourth-order valence-electron chi connectivity index (χ4n) is 2.84. The topological polar surface area (TPSA) is 57.6 Å². The molecule has 0 saturated heterocycles. The third kappa shape index (κ3) is 4.02. The van der Waals surface area contributed by atoms with Gasteiger partial charge in [0, 0.05) is 12.6 Å². The van der Waals surface area contributed by atoms with Gasteiger partial charge in [0.2, 0.25) is 10.0 Å². The molecule has 1 unspecified atom stereocenters. The van der Waals surface area contributed by atoms with Crippen molar-refractivity contribution in [2.75, 3.05) is 6.54 Å². The summed E-state index contributed by atoms with van der Waals surface area (Å²) in [6.07, 6.45) is 3.91. The lowest BCUT2D eigenvalue weighted by Crippen LogP contribution is -2.44. The van der Waals surface area contributed by atoms with E-state index >= 15 is 0 Å². The molecule has 0 heterocycles. The summed E-state index contributed by atoms with van der Waals surface area (Å²) in [6, 6.07) is 4.94. The molecular formula is C15H22FNO3S. The molecule has 6 heteroatoms. The highest BCUT2D eigenvalue weighted by Gasteiger charge is 2.33. The van der Waals surface area contributed by atoms with Crippen molar-refractivity contribution in [3.8, 4) is 0 Å². The van der Waals surface area contributed by atoms with E-state index in [0.29, 0.717) is 0 Å². The first kappa shape index (κ1) is 16.4. The minimum atomic E-state index is -3.78. The van der Waals surface area contributed by atoms with Gasteiger partial charge in [-0.1, -0.05) is 25.3 Å². The van der Waals surface area contributed by atoms with Crippen LogP contribution in [0.4, 0.5) is 4.39 Å². The first-order valence-electron chi connectivity index (χ1n) is 7.37. The zero-order valence-electron chi connectivity index (χ0n) is 12.2. The van der Waals surface area contributed by atoms with Crippen LogP contribution in [0.3, 0.4) is 0 Å². The van der Waals surface area contributed by atoms with Crippen molar-refractivity contribution in [1.82, 2.24) is 4.31 Å². The molecule has 1 aliphatic rings. The van der Waals surface area contributed by atoms with Gasteiger partial charge < -0.3 is 5.11 Å². The third-order valence-corrected chi connectivity index (χ3v) is 5.74. The molecule has 4 nitrogen and oxygen atoms in total. The molecule has 1 aromatic rings. The van der Waals surface area contributed by atoms with Crippen molar-refractivity contribution in [2.45, 2.75) is 56.1 Å². The van der Waals surface area contributed by atoms with E-state index in [1.165, 1.54) is 22.5 Å². The van der Waals surface area contributed by atoms with Gasteiger partial charge in [-0.15, -0.1) is 0 Å². The van der Waals surface area contributed by atoms with E-state index in [9.17, 15) is 17.9 Å². The van der Waals surface area contributed by atoms with Crippen LogP contribution in [0.5, 0.6) is 0 Å². The lowest BCUT2D eigenvalue weighted by atomic mass is 9.95. The van der Waals surface area contributed by atoms with Gasteiger partial charge in [-0.3, -0.25) is 0 Å². The third-order valence-electron chi connectivity index (χ3n) is 3.83. The number of halogens is 1. The van der Waals surface area contributed by atoms with Crippen LogP contribution in [0, 0.1) is 5.82 Å². The fraction of sp³-hybridized carbons (Fsp3) is 0.600. The maximum absolute atomic E-state index is 13.3. The molecule has 1 aliphatic carbocycles. The minimum Gasteiger partial charge on any atom is -0.392 e. The second kappa shape index (κ2) is 6.85. The van der Waals surface area contributed by atoms with E-state index in [1.54, 1.807) is 6.92 Å². The summed E-state index contributed by atoms with van der Waals surface area (Å²) >= 11 is 0. The summed E-state index contributed by atoms with van der Waals surface area (Å²) in [5.74, 6) is -0.572. The number of rotatable bonds is 5. The van der Waals surface area contributed by atoms with E-state index < -0.39 is 21.9 Å². The van der Waals surface area contributed by atoms with Gasteiger partial charge in [0.1, 0.15) is 5.82 Å². The lowest BCUT2D eigenvalue weighted by Gasteiger charge is -2.34. The average Bonchev–Trinajstić information content (AvgIpc) is 2.45. The van der Waals surface area contributed by atoms with Crippen molar-refractivity contribution in [1.29, 1.82) is 0 Å².